The van der Waals surface area contributed by atoms with Crippen LogP contribution < -0.4 is 5.32 Å². The van der Waals surface area contributed by atoms with E-state index in [0.29, 0.717) is 22.4 Å². The number of rotatable bonds is 6. The summed E-state index contributed by atoms with van der Waals surface area (Å²) in [6.45, 7) is 1.18. The Kier molecular flexibility index (Phi) is 6.72. The third-order valence-corrected chi connectivity index (χ3v) is 6.30. The van der Waals surface area contributed by atoms with E-state index in [0.717, 1.165) is 25.1 Å². The summed E-state index contributed by atoms with van der Waals surface area (Å²) in [6, 6.07) is 16.5. The number of anilines is 1. The molecule has 2 aliphatic heterocycles. The minimum atomic E-state index is -0.520. The monoisotopic (exact) mass is 443 g/mol. The first kappa shape index (κ1) is 20.9. The molecule has 2 fully saturated rings. The Morgan fingerprint density at radius 3 is 2.80 bits per heavy atom. The molecule has 30 heavy (non-hydrogen) atoms. The van der Waals surface area contributed by atoms with Gasteiger partial charge < -0.3 is 10.1 Å². The number of hydrogen-bond acceptors (Lipinski definition) is 5. The highest BCUT2D eigenvalue weighted by molar-refractivity contribution is 8.15. The van der Waals surface area contributed by atoms with Gasteiger partial charge in [0.1, 0.15) is 5.25 Å². The lowest BCUT2D eigenvalue weighted by atomic mass is 10.2. The van der Waals surface area contributed by atoms with Crippen molar-refractivity contribution in [3.8, 4) is 0 Å². The first-order valence-electron chi connectivity index (χ1n) is 9.87. The van der Waals surface area contributed by atoms with Gasteiger partial charge in [-0.15, -0.1) is 0 Å². The zero-order chi connectivity index (χ0) is 20.9. The lowest BCUT2D eigenvalue weighted by molar-refractivity contribution is -0.129. The van der Waals surface area contributed by atoms with Crippen molar-refractivity contribution >= 4 is 51.7 Å². The van der Waals surface area contributed by atoms with E-state index in [9.17, 15) is 9.59 Å². The largest absolute Gasteiger partial charge is 0.376 e. The molecule has 0 radical (unpaired) electrons. The van der Waals surface area contributed by atoms with Crippen molar-refractivity contribution in [2.24, 2.45) is 4.99 Å². The van der Waals surface area contributed by atoms with Crippen molar-refractivity contribution < 1.29 is 14.3 Å². The van der Waals surface area contributed by atoms with Crippen LogP contribution in [0.3, 0.4) is 0 Å². The molecule has 2 saturated heterocycles. The van der Waals surface area contributed by atoms with Gasteiger partial charge in [0.25, 0.3) is 0 Å². The van der Waals surface area contributed by atoms with E-state index in [-0.39, 0.29) is 24.3 Å². The van der Waals surface area contributed by atoms with Gasteiger partial charge in [-0.1, -0.05) is 47.6 Å². The van der Waals surface area contributed by atoms with Crippen LogP contribution in [0.15, 0.2) is 59.6 Å². The Morgan fingerprint density at radius 1 is 1.23 bits per heavy atom. The number of amidine groups is 1. The number of aliphatic imine (C=N–C) groups is 1. The normalized spacial score (nSPS) is 22.6. The molecular formula is C22H22ClN3O3S. The van der Waals surface area contributed by atoms with Crippen molar-refractivity contribution in [3.05, 3.63) is 59.6 Å². The number of para-hydroxylation sites is 1. The third-order valence-electron chi connectivity index (χ3n) is 4.89. The zero-order valence-electron chi connectivity index (χ0n) is 16.3. The predicted molar refractivity (Wildman–Crippen MR) is 120 cm³/mol. The van der Waals surface area contributed by atoms with Gasteiger partial charge in [-0.25, -0.2) is 4.99 Å². The van der Waals surface area contributed by atoms with E-state index in [1.54, 1.807) is 29.2 Å². The lowest BCUT2D eigenvalue weighted by Crippen LogP contribution is -2.38. The molecule has 6 nitrogen and oxygen atoms in total. The maximum absolute atomic E-state index is 13.1. The quantitative estimate of drug-likeness (QED) is 0.714. The molecule has 0 aliphatic carbocycles. The lowest BCUT2D eigenvalue weighted by Gasteiger charge is -2.20. The van der Waals surface area contributed by atoms with Crippen LogP contribution in [0.4, 0.5) is 11.4 Å². The summed E-state index contributed by atoms with van der Waals surface area (Å²) in [5.41, 5.74) is 1.38. The van der Waals surface area contributed by atoms with Crippen LogP contribution in [-0.4, -0.2) is 46.4 Å². The van der Waals surface area contributed by atoms with Gasteiger partial charge in [0.2, 0.25) is 11.8 Å². The van der Waals surface area contributed by atoms with E-state index < -0.39 is 5.25 Å². The topological polar surface area (TPSA) is 71.0 Å². The van der Waals surface area contributed by atoms with Crippen molar-refractivity contribution in [3.63, 3.8) is 0 Å². The number of hydrogen-bond donors (Lipinski definition) is 1. The zero-order valence-corrected chi connectivity index (χ0v) is 17.9. The van der Waals surface area contributed by atoms with Gasteiger partial charge in [0, 0.05) is 23.7 Å². The molecule has 0 aromatic heterocycles. The van der Waals surface area contributed by atoms with Crippen LogP contribution in [0.1, 0.15) is 19.3 Å². The van der Waals surface area contributed by atoms with Crippen LogP contribution in [0, 0.1) is 0 Å². The van der Waals surface area contributed by atoms with Crippen molar-refractivity contribution in [2.75, 3.05) is 18.5 Å². The van der Waals surface area contributed by atoms with Gasteiger partial charge in [0.05, 0.1) is 18.3 Å². The fourth-order valence-corrected chi connectivity index (χ4v) is 4.80. The number of amides is 2. The van der Waals surface area contributed by atoms with Crippen molar-refractivity contribution in [1.29, 1.82) is 0 Å². The number of benzene rings is 2. The summed E-state index contributed by atoms with van der Waals surface area (Å²) in [4.78, 5) is 32.0. The number of halogens is 1. The van der Waals surface area contributed by atoms with Gasteiger partial charge in [-0.2, -0.15) is 0 Å². The Hall–Kier alpha value is -2.35. The molecule has 8 heteroatoms. The second-order valence-electron chi connectivity index (χ2n) is 7.18. The molecular weight excluding hydrogens is 422 g/mol. The molecule has 1 N–H and O–H groups in total. The highest BCUT2D eigenvalue weighted by atomic mass is 35.5. The Bertz CT molecular complexity index is 948. The highest BCUT2D eigenvalue weighted by Crippen LogP contribution is 2.33. The molecule has 0 bridgehead atoms. The second kappa shape index (κ2) is 9.64. The second-order valence-corrected chi connectivity index (χ2v) is 8.79. The van der Waals surface area contributed by atoms with Crippen molar-refractivity contribution in [1.82, 2.24) is 4.90 Å². The number of carbonyl (C=O) groups is 2. The molecule has 156 valence electrons. The molecule has 0 spiro atoms. The summed E-state index contributed by atoms with van der Waals surface area (Å²) in [5.74, 6) is -0.340. The maximum Gasteiger partial charge on any atom is 0.242 e. The van der Waals surface area contributed by atoms with Gasteiger partial charge in [-0.3, -0.25) is 14.5 Å². The fourth-order valence-electron chi connectivity index (χ4n) is 3.44. The smallest absolute Gasteiger partial charge is 0.242 e. The van der Waals surface area contributed by atoms with Crippen LogP contribution in [0.25, 0.3) is 0 Å². The minimum Gasteiger partial charge on any atom is -0.376 e. The van der Waals surface area contributed by atoms with Gasteiger partial charge >= 0.3 is 0 Å². The van der Waals surface area contributed by atoms with Crippen LogP contribution >= 0.6 is 23.4 Å². The Morgan fingerprint density at radius 2 is 2.07 bits per heavy atom. The third kappa shape index (κ3) is 5.22. The van der Waals surface area contributed by atoms with E-state index in [4.69, 9.17) is 16.3 Å². The summed E-state index contributed by atoms with van der Waals surface area (Å²) >= 11 is 7.31. The van der Waals surface area contributed by atoms with Crippen molar-refractivity contribution in [2.45, 2.75) is 30.6 Å². The van der Waals surface area contributed by atoms with Crippen LogP contribution in [-0.2, 0) is 14.3 Å². The van der Waals surface area contributed by atoms with E-state index in [1.807, 2.05) is 30.3 Å². The molecule has 2 heterocycles. The molecule has 0 unspecified atom stereocenters. The predicted octanol–water partition coefficient (Wildman–Crippen LogP) is 4.48. The number of nitrogens with zero attached hydrogens (tertiary/aromatic N) is 2. The molecule has 4 rings (SSSR count). The van der Waals surface area contributed by atoms with E-state index >= 15 is 0 Å². The summed E-state index contributed by atoms with van der Waals surface area (Å²) in [7, 11) is 0. The summed E-state index contributed by atoms with van der Waals surface area (Å²) in [6.07, 6.45) is 1.99. The number of nitrogens with one attached hydrogen (secondary N) is 1. The fraction of sp³-hybridized carbons (Fsp3) is 0.318. The molecule has 0 saturated carbocycles. The molecule has 2 aromatic rings. The van der Waals surface area contributed by atoms with Crippen LogP contribution in [0.2, 0.25) is 5.02 Å². The SMILES string of the molecule is O=C(C[C@H]1SC(=Nc2ccccc2)N(C[C@H]2CCCO2)C1=O)Nc1cccc(Cl)c1. The van der Waals surface area contributed by atoms with Gasteiger partial charge in [-0.05, 0) is 43.2 Å². The van der Waals surface area contributed by atoms with E-state index in [1.165, 1.54) is 11.8 Å². The first-order valence-corrected chi connectivity index (χ1v) is 11.1. The number of thioether (sulfide) groups is 1. The summed E-state index contributed by atoms with van der Waals surface area (Å²) < 4.78 is 5.72. The molecule has 2 aromatic carbocycles. The molecule has 2 aliphatic rings. The summed E-state index contributed by atoms with van der Waals surface area (Å²) in [5, 5.41) is 3.44. The minimum absolute atomic E-state index is 0.00885. The molecule has 2 atom stereocenters. The van der Waals surface area contributed by atoms with Crippen LogP contribution in [0.5, 0.6) is 0 Å². The number of ether oxygens (including phenoxy) is 1. The molecule has 2 amide bonds. The average Bonchev–Trinajstić information content (AvgIpc) is 3.33. The van der Waals surface area contributed by atoms with E-state index in [2.05, 4.69) is 10.3 Å². The first-order chi connectivity index (χ1) is 14.6. The average molecular weight is 444 g/mol. The highest BCUT2D eigenvalue weighted by Gasteiger charge is 2.40. The Labute approximate surface area is 184 Å². The number of carbonyl (C=O) groups excluding carboxylic acids is 2. The van der Waals surface area contributed by atoms with Gasteiger partial charge in [0.15, 0.2) is 5.17 Å². The standard InChI is InChI=1S/C22H22ClN3O3S/c23-15-6-4-9-17(12-15)24-20(27)13-19-21(28)26(14-18-10-5-11-29-18)22(30-19)25-16-7-2-1-3-8-16/h1-4,6-9,12,18-19H,5,10-11,13-14H2,(H,24,27)/t18-,19-/m1/s1. The Balaban J connectivity index is 1.48. The maximum atomic E-state index is 13.1.